The predicted molar refractivity (Wildman–Crippen MR) is 156 cm³/mol. The molecule has 3 N–H and O–H groups in total. The summed E-state index contributed by atoms with van der Waals surface area (Å²) in [6.45, 7) is 2.44. The van der Waals surface area contributed by atoms with Crippen LogP contribution < -0.4 is 10.9 Å². The Hall–Kier alpha value is -2.29. The maximum Gasteiger partial charge on any atom is 0.252 e. The number of aromatic amines is 1. The highest BCUT2D eigenvalue weighted by Crippen LogP contribution is 2.44. The van der Waals surface area contributed by atoms with Gasteiger partial charge in [0.25, 0.3) is 5.56 Å². The molecule has 0 aliphatic carbocycles. The molecule has 1 aliphatic heterocycles. The Bertz CT molecular complexity index is 1480. The predicted octanol–water partition coefficient (Wildman–Crippen LogP) is 6.45. The Labute approximate surface area is 232 Å². The number of hydrogen-bond donors (Lipinski definition) is 3. The number of benzene rings is 3. The lowest BCUT2D eigenvalue weighted by atomic mass is 9.70. The number of hydrogen-bond acceptors (Lipinski definition) is 4. The van der Waals surface area contributed by atoms with Crippen LogP contribution in [0.2, 0.25) is 5.02 Å². The van der Waals surface area contributed by atoms with Crippen LogP contribution in [0.3, 0.4) is 0 Å². The van der Waals surface area contributed by atoms with E-state index in [0.717, 1.165) is 32.5 Å². The fourth-order valence-corrected chi connectivity index (χ4v) is 6.06. The van der Waals surface area contributed by atoms with Crippen LogP contribution in [0.4, 0.5) is 4.39 Å². The summed E-state index contributed by atoms with van der Waals surface area (Å²) in [5, 5.41) is 17.3. The van der Waals surface area contributed by atoms with Crippen molar-refractivity contribution in [2.75, 3.05) is 12.8 Å². The molecule has 4 nitrogen and oxygen atoms in total. The van der Waals surface area contributed by atoms with Crippen LogP contribution >= 0.6 is 36.9 Å². The van der Waals surface area contributed by atoms with Gasteiger partial charge in [-0.3, -0.25) is 4.79 Å². The van der Waals surface area contributed by atoms with Crippen molar-refractivity contribution in [1.82, 2.24) is 10.3 Å². The summed E-state index contributed by atoms with van der Waals surface area (Å²) in [6.07, 6.45) is 2.84. The van der Waals surface area contributed by atoms with Gasteiger partial charge in [0.05, 0.1) is 5.60 Å². The topological polar surface area (TPSA) is 65.1 Å². The monoisotopic (exact) mass is 556 g/mol. The minimum absolute atomic E-state index is 0. The number of halogens is 2. The molecule has 37 heavy (non-hydrogen) atoms. The Morgan fingerprint density at radius 1 is 1.11 bits per heavy atom. The molecular weight excluding hydrogens is 527 g/mol. The van der Waals surface area contributed by atoms with Crippen molar-refractivity contribution < 1.29 is 9.50 Å². The van der Waals surface area contributed by atoms with Gasteiger partial charge in [-0.1, -0.05) is 29.8 Å². The zero-order valence-electron chi connectivity index (χ0n) is 20.6. The SMILES string of the molecule is CSc1ccc2[nH]c(=O)c(C(c3ccc(Cl)cc3)C3(O)CCNC(c4ccc(F)cc4C)C3)cc2c1.S. The summed E-state index contributed by atoms with van der Waals surface area (Å²) in [5.74, 6) is -0.861. The molecule has 0 bridgehead atoms. The van der Waals surface area contributed by atoms with Crippen molar-refractivity contribution in [3.8, 4) is 0 Å². The maximum atomic E-state index is 13.8. The van der Waals surface area contributed by atoms with Crippen LogP contribution in [0, 0.1) is 12.7 Å². The molecule has 1 aromatic heterocycles. The maximum absolute atomic E-state index is 13.8. The highest BCUT2D eigenvalue weighted by molar-refractivity contribution is 7.98. The molecule has 3 atom stereocenters. The first-order valence-electron chi connectivity index (χ1n) is 12.0. The van der Waals surface area contributed by atoms with Crippen molar-refractivity contribution in [2.45, 2.75) is 42.2 Å². The lowest BCUT2D eigenvalue weighted by Crippen LogP contribution is -2.49. The number of rotatable bonds is 5. The molecule has 0 saturated carbocycles. The third-order valence-electron chi connectivity index (χ3n) is 7.25. The Morgan fingerprint density at radius 2 is 1.86 bits per heavy atom. The van der Waals surface area contributed by atoms with Crippen LogP contribution in [0.15, 0.2) is 76.4 Å². The second-order valence-corrected chi connectivity index (χ2v) is 10.9. The number of nitrogens with one attached hydrogen (secondary N) is 2. The minimum Gasteiger partial charge on any atom is -0.389 e. The van der Waals surface area contributed by atoms with E-state index in [-0.39, 0.29) is 30.9 Å². The van der Waals surface area contributed by atoms with Crippen molar-refractivity contribution in [2.24, 2.45) is 0 Å². The Kier molecular flexibility index (Phi) is 8.41. The summed E-state index contributed by atoms with van der Waals surface area (Å²) >= 11 is 7.82. The third kappa shape index (κ3) is 5.61. The van der Waals surface area contributed by atoms with Crippen LogP contribution in [-0.2, 0) is 0 Å². The standard InChI is InChI=1S/C29H28ClFN2O2S.H2S/c1-17-13-21(31)7-9-23(17)26-16-29(35,11-12-32-26)27(18-3-5-20(30)6-4-18)24-15-19-14-22(36-2)8-10-25(19)33-28(24)34;/h3-10,13-15,26-27,32,35H,11-12,16H2,1-2H3,(H,33,34);1H2. The van der Waals surface area contributed by atoms with Gasteiger partial charge in [0.15, 0.2) is 0 Å². The third-order valence-corrected chi connectivity index (χ3v) is 8.22. The molecule has 1 aliphatic rings. The summed E-state index contributed by atoms with van der Waals surface area (Å²) in [4.78, 5) is 17.6. The van der Waals surface area contributed by atoms with Gasteiger partial charge in [0.1, 0.15) is 5.82 Å². The molecular formula is C29H30ClFN2O2S2. The van der Waals surface area contributed by atoms with E-state index < -0.39 is 11.5 Å². The van der Waals surface area contributed by atoms with Crippen molar-refractivity contribution in [3.63, 3.8) is 0 Å². The number of aliphatic hydroxyl groups is 1. The zero-order valence-corrected chi connectivity index (χ0v) is 23.2. The van der Waals surface area contributed by atoms with E-state index >= 15 is 0 Å². The van der Waals surface area contributed by atoms with Crippen LogP contribution in [-0.4, -0.2) is 28.5 Å². The van der Waals surface area contributed by atoms with Gasteiger partial charge in [-0.2, -0.15) is 13.5 Å². The van der Waals surface area contributed by atoms with Crippen molar-refractivity contribution in [1.29, 1.82) is 0 Å². The van der Waals surface area contributed by atoms with Crippen LogP contribution in [0.1, 0.15) is 47.1 Å². The first-order chi connectivity index (χ1) is 17.3. The van der Waals surface area contributed by atoms with E-state index in [0.29, 0.717) is 30.0 Å². The lowest BCUT2D eigenvalue weighted by molar-refractivity contribution is -0.0194. The molecule has 1 fully saturated rings. The summed E-state index contributed by atoms with van der Waals surface area (Å²) in [5.41, 5.74) is 2.43. The molecule has 3 unspecified atom stereocenters. The lowest BCUT2D eigenvalue weighted by Gasteiger charge is -2.43. The molecule has 5 rings (SSSR count). The first kappa shape index (κ1) is 27.7. The Morgan fingerprint density at radius 3 is 2.57 bits per heavy atom. The normalized spacial score (nSPS) is 20.4. The van der Waals surface area contributed by atoms with Gasteiger partial charge >= 0.3 is 0 Å². The number of fused-ring (bicyclic) bond motifs is 1. The summed E-state index contributed by atoms with van der Waals surface area (Å²) in [7, 11) is 0. The second kappa shape index (κ2) is 11.2. The number of aromatic nitrogens is 1. The molecule has 0 amide bonds. The largest absolute Gasteiger partial charge is 0.389 e. The van der Waals surface area contributed by atoms with Gasteiger partial charge in [-0.05, 0) is 103 Å². The number of H-pyrrole nitrogens is 1. The van der Waals surface area contributed by atoms with Gasteiger partial charge in [-0.25, -0.2) is 4.39 Å². The Balaban J connectivity index is 0.00000320. The van der Waals surface area contributed by atoms with Crippen molar-refractivity contribution >= 4 is 47.8 Å². The molecule has 3 aromatic carbocycles. The smallest absolute Gasteiger partial charge is 0.252 e. The molecule has 194 valence electrons. The van der Waals surface area contributed by atoms with Gasteiger partial charge in [0, 0.05) is 33.0 Å². The van der Waals surface area contributed by atoms with Crippen molar-refractivity contribution in [3.05, 3.63) is 110 Å². The summed E-state index contributed by atoms with van der Waals surface area (Å²) < 4.78 is 13.8. The zero-order chi connectivity index (χ0) is 25.4. The molecule has 8 heteroatoms. The van der Waals surface area contributed by atoms with Crippen LogP contribution in [0.25, 0.3) is 10.9 Å². The van der Waals surface area contributed by atoms with Crippen LogP contribution in [0.5, 0.6) is 0 Å². The van der Waals surface area contributed by atoms with Gasteiger partial charge < -0.3 is 15.4 Å². The first-order valence-corrected chi connectivity index (χ1v) is 13.6. The van der Waals surface area contributed by atoms with Gasteiger partial charge in [0.2, 0.25) is 0 Å². The summed E-state index contributed by atoms with van der Waals surface area (Å²) in [6, 6.07) is 19.8. The molecule has 2 heterocycles. The van der Waals surface area contributed by atoms with E-state index in [2.05, 4.69) is 16.4 Å². The number of aryl methyl sites for hydroxylation is 1. The molecule has 4 aromatic rings. The fraction of sp³-hybridized carbons (Fsp3) is 0.276. The quantitative estimate of drug-likeness (QED) is 0.247. The average molecular weight is 557 g/mol. The molecule has 0 radical (unpaired) electrons. The molecule has 0 spiro atoms. The number of thioether (sulfide) groups is 1. The van der Waals surface area contributed by atoms with E-state index in [1.54, 1.807) is 30.0 Å². The van der Waals surface area contributed by atoms with E-state index in [1.807, 2.05) is 43.5 Å². The highest BCUT2D eigenvalue weighted by Gasteiger charge is 2.44. The van der Waals surface area contributed by atoms with E-state index in [1.165, 1.54) is 12.1 Å². The van der Waals surface area contributed by atoms with E-state index in [9.17, 15) is 14.3 Å². The fourth-order valence-electron chi connectivity index (χ4n) is 5.48. The highest BCUT2D eigenvalue weighted by atomic mass is 35.5. The minimum atomic E-state index is -1.22. The number of pyridine rings is 1. The number of piperidine rings is 1. The van der Waals surface area contributed by atoms with Gasteiger partial charge in [-0.15, -0.1) is 11.8 Å². The van der Waals surface area contributed by atoms with E-state index in [4.69, 9.17) is 11.6 Å². The second-order valence-electron chi connectivity index (χ2n) is 9.56. The molecule has 1 saturated heterocycles. The average Bonchev–Trinajstić information content (AvgIpc) is 2.85.